The number of rotatable bonds is 3. The van der Waals surface area contributed by atoms with E-state index in [2.05, 4.69) is 6.07 Å². The summed E-state index contributed by atoms with van der Waals surface area (Å²) in [5.41, 5.74) is 0.899. The van der Waals surface area contributed by atoms with Crippen molar-refractivity contribution in [3.63, 3.8) is 0 Å². The Morgan fingerprint density at radius 2 is 1.87 bits per heavy atom. The quantitative estimate of drug-likeness (QED) is 0.828. The number of fused-ring (bicyclic) bond motifs is 1. The minimum Gasteiger partial charge on any atom is -0.386 e. The normalized spacial score (nSPS) is 12.9. The summed E-state index contributed by atoms with van der Waals surface area (Å²) in [5, 5.41) is 12.1. The largest absolute Gasteiger partial charge is 0.386 e. The van der Waals surface area contributed by atoms with Crippen LogP contribution >= 0.6 is 0 Å². The average molecular weight is 202 g/mol. The van der Waals surface area contributed by atoms with Crippen molar-refractivity contribution in [3.05, 3.63) is 48.0 Å². The Kier molecular flexibility index (Phi) is 2.99. The Bertz CT molecular complexity index is 451. The van der Waals surface area contributed by atoms with Crippen molar-refractivity contribution in [2.45, 2.75) is 6.10 Å². The van der Waals surface area contributed by atoms with E-state index in [1.54, 1.807) is 7.11 Å². The van der Waals surface area contributed by atoms with Crippen LogP contribution in [0.1, 0.15) is 11.7 Å². The molecule has 2 rings (SSSR count). The van der Waals surface area contributed by atoms with Gasteiger partial charge in [-0.15, -0.1) is 0 Å². The molecular formula is C13H14O2. The lowest BCUT2D eigenvalue weighted by atomic mass is 10.0. The van der Waals surface area contributed by atoms with Crippen molar-refractivity contribution in [2.75, 3.05) is 13.7 Å². The Hall–Kier alpha value is -1.38. The molecule has 15 heavy (non-hydrogen) atoms. The highest BCUT2D eigenvalue weighted by Crippen LogP contribution is 2.20. The van der Waals surface area contributed by atoms with E-state index >= 15 is 0 Å². The van der Waals surface area contributed by atoms with Gasteiger partial charge in [0.05, 0.1) is 6.61 Å². The third-order valence-electron chi connectivity index (χ3n) is 2.48. The molecule has 2 aromatic rings. The Morgan fingerprint density at radius 3 is 2.60 bits per heavy atom. The van der Waals surface area contributed by atoms with Crippen LogP contribution in [0.15, 0.2) is 42.5 Å². The maximum Gasteiger partial charge on any atom is 0.102 e. The van der Waals surface area contributed by atoms with Gasteiger partial charge in [0, 0.05) is 7.11 Å². The van der Waals surface area contributed by atoms with Gasteiger partial charge in [0.1, 0.15) is 6.10 Å². The predicted octanol–water partition coefficient (Wildman–Crippen LogP) is 2.52. The molecule has 0 amide bonds. The number of aliphatic hydroxyl groups excluding tert-OH is 1. The second-order valence-electron chi connectivity index (χ2n) is 3.58. The summed E-state index contributed by atoms with van der Waals surface area (Å²) in [6, 6.07) is 14.1. The van der Waals surface area contributed by atoms with E-state index in [1.807, 2.05) is 36.4 Å². The van der Waals surface area contributed by atoms with Gasteiger partial charge in [-0.25, -0.2) is 0 Å². The third-order valence-corrected chi connectivity index (χ3v) is 2.48. The van der Waals surface area contributed by atoms with Crippen molar-refractivity contribution in [1.29, 1.82) is 0 Å². The number of aliphatic hydroxyl groups is 1. The van der Waals surface area contributed by atoms with E-state index in [0.717, 1.165) is 10.9 Å². The van der Waals surface area contributed by atoms with E-state index in [4.69, 9.17) is 4.74 Å². The first-order valence-electron chi connectivity index (χ1n) is 4.97. The first-order chi connectivity index (χ1) is 7.31. The van der Waals surface area contributed by atoms with Gasteiger partial charge >= 0.3 is 0 Å². The molecule has 2 heteroatoms. The van der Waals surface area contributed by atoms with Crippen LogP contribution in [0.4, 0.5) is 0 Å². The molecule has 78 valence electrons. The van der Waals surface area contributed by atoms with Crippen molar-refractivity contribution in [3.8, 4) is 0 Å². The van der Waals surface area contributed by atoms with Gasteiger partial charge in [0.15, 0.2) is 0 Å². The van der Waals surface area contributed by atoms with Crippen LogP contribution in [0.5, 0.6) is 0 Å². The molecule has 1 N–H and O–H groups in total. The molecule has 0 fully saturated rings. The molecule has 2 nitrogen and oxygen atoms in total. The molecule has 0 aliphatic heterocycles. The number of hydrogen-bond donors (Lipinski definition) is 1. The highest BCUT2D eigenvalue weighted by molar-refractivity contribution is 5.83. The highest BCUT2D eigenvalue weighted by atomic mass is 16.5. The van der Waals surface area contributed by atoms with E-state index in [1.165, 1.54) is 5.39 Å². The van der Waals surface area contributed by atoms with Crippen LogP contribution in [-0.4, -0.2) is 18.8 Å². The second-order valence-corrected chi connectivity index (χ2v) is 3.58. The van der Waals surface area contributed by atoms with Crippen molar-refractivity contribution >= 4 is 10.8 Å². The Morgan fingerprint density at radius 1 is 1.13 bits per heavy atom. The fourth-order valence-electron chi connectivity index (χ4n) is 1.67. The Labute approximate surface area is 89.1 Å². The van der Waals surface area contributed by atoms with Gasteiger partial charge in [0.2, 0.25) is 0 Å². The molecular weight excluding hydrogens is 188 g/mol. The molecule has 0 saturated heterocycles. The van der Waals surface area contributed by atoms with Gasteiger partial charge in [-0.1, -0.05) is 36.4 Å². The number of hydrogen-bond acceptors (Lipinski definition) is 2. The smallest absolute Gasteiger partial charge is 0.102 e. The van der Waals surface area contributed by atoms with Crippen molar-refractivity contribution in [1.82, 2.24) is 0 Å². The van der Waals surface area contributed by atoms with Crippen LogP contribution < -0.4 is 0 Å². The predicted molar refractivity (Wildman–Crippen MR) is 60.8 cm³/mol. The third kappa shape index (κ3) is 2.17. The summed E-state index contributed by atoms with van der Waals surface area (Å²) in [4.78, 5) is 0. The van der Waals surface area contributed by atoms with E-state index in [-0.39, 0.29) is 0 Å². The van der Waals surface area contributed by atoms with Crippen LogP contribution in [-0.2, 0) is 4.74 Å². The van der Waals surface area contributed by atoms with E-state index in [9.17, 15) is 5.11 Å². The van der Waals surface area contributed by atoms with Crippen molar-refractivity contribution in [2.24, 2.45) is 0 Å². The molecule has 0 radical (unpaired) electrons. The lowest BCUT2D eigenvalue weighted by Gasteiger charge is -2.10. The molecule has 0 aliphatic rings. The van der Waals surface area contributed by atoms with Gasteiger partial charge in [-0.3, -0.25) is 0 Å². The lowest BCUT2D eigenvalue weighted by molar-refractivity contribution is 0.0645. The Balaban J connectivity index is 2.38. The molecule has 0 heterocycles. The van der Waals surface area contributed by atoms with Gasteiger partial charge in [0.25, 0.3) is 0 Å². The molecule has 0 bridgehead atoms. The monoisotopic (exact) mass is 202 g/mol. The number of ether oxygens (including phenoxy) is 1. The number of methoxy groups -OCH3 is 1. The molecule has 1 unspecified atom stereocenters. The maximum absolute atomic E-state index is 9.75. The van der Waals surface area contributed by atoms with Crippen LogP contribution in [0.2, 0.25) is 0 Å². The summed E-state index contributed by atoms with van der Waals surface area (Å²) < 4.78 is 4.92. The molecule has 0 aliphatic carbocycles. The van der Waals surface area contributed by atoms with Gasteiger partial charge < -0.3 is 9.84 Å². The zero-order valence-electron chi connectivity index (χ0n) is 8.68. The fourth-order valence-corrected chi connectivity index (χ4v) is 1.67. The van der Waals surface area contributed by atoms with Gasteiger partial charge in [-0.2, -0.15) is 0 Å². The van der Waals surface area contributed by atoms with Crippen LogP contribution in [0.3, 0.4) is 0 Å². The fraction of sp³-hybridized carbons (Fsp3) is 0.231. The van der Waals surface area contributed by atoms with E-state index in [0.29, 0.717) is 6.61 Å². The van der Waals surface area contributed by atoms with E-state index < -0.39 is 6.10 Å². The highest BCUT2D eigenvalue weighted by Gasteiger charge is 2.06. The summed E-state index contributed by atoms with van der Waals surface area (Å²) in [5.74, 6) is 0. The van der Waals surface area contributed by atoms with Crippen LogP contribution in [0.25, 0.3) is 10.8 Å². The average Bonchev–Trinajstić information content (AvgIpc) is 2.29. The molecule has 0 spiro atoms. The molecule has 0 saturated carbocycles. The molecule has 2 aromatic carbocycles. The summed E-state index contributed by atoms with van der Waals surface area (Å²) in [6.45, 7) is 0.332. The summed E-state index contributed by atoms with van der Waals surface area (Å²) in [6.07, 6.45) is -0.542. The van der Waals surface area contributed by atoms with Crippen molar-refractivity contribution < 1.29 is 9.84 Å². The second kappa shape index (κ2) is 4.43. The summed E-state index contributed by atoms with van der Waals surface area (Å²) >= 11 is 0. The standard InChI is InChI=1S/C13H14O2/c1-15-9-13(14)12-7-6-10-4-2-3-5-11(10)8-12/h2-8,13-14H,9H2,1H3. The first kappa shape index (κ1) is 10.1. The summed E-state index contributed by atoms with van der Waals surface area (Å²) in [7, 11) is 1.59. The minimum absolute atomic E-state index is 0.332. The zero-order chi connectivity index (χ0) is 10.7. The number of benzene rings is 2. The van der Waals surface area contributed by atoms with Crippen LogP contribution in [0, 0.1) is 0 Å². The first-order valence-corrected chi connectivity index (χ1v) is 4.97. The minimum atomic E-state index is -0.542. The lowest BCUT2D eigenvalue weighted by Crippen LogP contribution is -2.04. The van der Waals surface area contributed by atoms with Gasteiger partial charge in [-0.05, 0) is 22.4 Å². The SMILES string of the molecule is COCC(O)c1ccc2ccccc2c1. The zero-order valence-corrected chi connectivity index (χ0v) is 8.68. The molecule has 0 aromatic heterocycles. The molecule has 1 atom stereocenters. The topological polar surface area (TPSA) is 29.5 Å². The maximum atomic E-state index is 9.75.